The van der Waals surface area contributed by atoms with E-state index in [4.69, 9.17) is 4.74 Å². The van der Waals surface area contributed by atoms with Crippen molar-refractivity contribution in [1.29, 1.82) is 0 Å². The van der Waals surface area contributed by atoms with Crippen LogP contribution in [0.5, 0.6) is 0 Å². The van der Waals surface area contributed by atoms with Crippen LogP contribution in [0.25, 0.3) is 0 Å². The molecule has 1 saturated carbocycles. The minimum absolute atomic E-state index is 0. The van der Waals surface area contributed by atoms with Crippen LogP contribution in [0.3, 0.4) is 0 Å². The molecule has 2 aliphatic rings. The summed E-state index contributed by atoms with van der Waals surface area (Å²) in [6.45, 7) is 1.98. The number of carbonyl (C=O) groups excluding carboxylic acids is 2. The average molecular weight is 410 g/mol. The Kier molecular flexibility index (Phi) is 8.73. The summed E-state index contributed by atoms with van der Waals surface area (Å²) >= 11 is 0. The summed E-state index contributed by atoms with van der Waals surface area (Å²) in [5.41, 5.74) is 1.02. The van der Waals surface area contributed by atoms with Gasteiger partial charge in [0.25, 0.3) is 5.91 Å². The number of methoxy groups -OCH3 is 1. The normalized spacial score (nSPS) is 19.3. The molecule has 1 aliphatic carbocycles. The zero-order valence-electron chi connectivity index (χ0n) is 16.6. The Morgan fingerprint density at radius 2 is 1.89 bits per heavy atom. The van der Waals surface area contributed by atoms with Gasteiger partial charge in [0, 0.05) is 25.3 Å². The van der Waals surface area contributed by atoms with Crippen molar-refractivity contribution in [2.75, 3.05) is 25.5 Å². The molecule has 0 aromatic heterocycles. The van der Waals surface area contributed by atoms with Crippen LogP contribution in [0, 0.1) is 5.92 Å². The Hall–Kier alpha value is -1.63. The summed E-state index contributed by atoms with van der Waals surface area (Å²) in [6, 6.07) is 7.70. The number of carbonyl (C=O) groups is 2. The number of hydrogen-bond acceptors (Lipinski definition) is 4. The van der Waals surface area contributed by atoms with Gasteiger partial charge in [-0.15, -0.1) is 12.4 Å². The number of hydrogen-bond donors (Lipinski definition) is 3. The molecule has 0 spiro atoms. The second-order valence-corrected chi connectivity index (χ2v) is 7.66. The van der Waals surface area contributed by atoms with E-state index in [1.165, 1.54) is 6.42 Å². The van der Waals surface area contributed by atoms with Crippen molar-refractivity contribution in [3.63, 3.8) is 0 Å². The summed E-state index contributed by atoms with van der Waals surface area (Å²) < 4.78 is 5.56. The third-order valence-electron chi connectivity index (χ3n) is 5.84. The SMILES string of the molecule is COC1(C(=O)NCc2cccc(NC(=O)C3CCCCC3)c2)CCNCC1.Cl. The number of nitrogens with one attached hydrogen (secondary N) is 3. The molecule has 1 saturated heterocycles. The smallest absolute Gasteiger partial charge is 0.252 e. The van der Waals surface area contributed by atoms with Crippen molar-refractivity contribution < 1.29 is 14.3 Å². The van der Waals surface area contributed by atoms with Crippen LogP contribution >= 0.6 is 12.4 Å². The van der Waals surface area contributed by atoms with Gasteiger partial charge in [-0.25, -0.2) is 0 Å². The van der Waals surface area contributed by atoms with E-state index in [0.29, 0.717) is 19.4 Å². The highest BCUT2D eigenvalue weighted by molar-refractivity contribution is 5.92. The van der Waals surface area contributed by atoms with E-state index in [9.17, 15) is 9.59 Å². The molecule has 0 radical (unpaired) electrons. The lowest BCUT2D eigenvalue weighted by Crippen LogP contribution is -2.53. The van der Waals surface area contributed by atoms with E-state index in [0.717, 1.165) is 50.0 Å². The summed E-state index contributed by atoms with van der Waals surface area (Å²) in [7, 11) is 1.60. The molecule has 0 atom stereocenters. The fourth-order valence-corrected chi connectivity index (χ4v) is 4.07. The Morgan fingerprint density at radius 1 is 1.18 bits per heavy atom. The number of rotatable bonds is 6. The molecule has 7 heteroatoms. The average Bonchev–Trinajstić information content (AvgIpc) is 2.73. The van der Waals surface area contributed by atoms with Crippen LogP contribution in [0.15, 0.2) is 24.3 Å². The van der Waals surface area contributed by atoms with Crippen LogP contribution in [0.2, 0.25) is 0 Å². The highest BCUT2D eigenvalue weighted by Crippen LogP contribution is 2.25. The molecular weight excluding hydrogens is 378 g/mol. The molecule has 1 heterocycles. The van der Waals surface area contributed by atoms with E-state index >= 15 is 0 Å². The molecule has 1 aromatic rings. The minimum Gasteiger partial charge on any atom is -0.368 e. The molecule has 1 aliphatic heterocycles. The van der Waals surface area contributed by atoms with E-state index < -0.39 is 5.60 Å². The van der Waals surface area contributed by atoms with Crippen LogP contribution in [-0.4, -0.2) is 37.6 Å². The van der Waals surface area contributed by atoms with Crippen molar-refractivity contribution in [3.8, 4) is 0 Å². The molecule has 1 aromatic carbocycles. The monoisotopic (exact) mass is 409 g/mol. The van der Waals surface area contributed by atoms with Gasteiger partial charge in [0.05, 0.1) is 0 Å². The first kappa shape index (κ1) is 22.7. The van der Waals surface area contributed by atoms with Gasteiger partial charge in [-0.05, 0) is 56.5 Å². The predicted molar refractivity (Wildman–Crippen MR) is 113 cm³/mol. The van der Waals surface area contributed by atoms with E-state index in [2.05, 4.69) is 16.0 Å². The van der Waals surface area contributed by atoms with E-state index in [-0.39, 0.29) is 30.1 Å². The number of piperidine rings is 1. The maximum Gasteiger partial charge on any atom is 0.252 e. The fraction of sp³-hybridized carbons (Fsp3) is 0.619. The molecule has 3 rings (SSSR count). The molecule has 3 N–H and O–H groups in total. The van der Waals surface area contributed by atoms with Crippen LogP contribution in [-0.2, 0) is 20.9 Å². The lowest BCUT2D eigenvalue weighted by Gasteiger charge is -2.34. The van der Waals surface area contributed by atoms with Gasteiger partial charge in [0.15, 0.2) is 0 Å². The Morgan fingerprint density at radius 3 is 2.57 bits per heavy atom. The predicted octanol–water partition coefficient (Wildman–Crippen LogP) is 3.01. The van der Waals surface area contributed by atoms with E-state index in [1.807, 2.05) is 24.3 Å². The Bertz CT molecular complexity index is 656. The van der Waals surface area contributed by atoms with Crippen molar-refractivity contribution in [1.82, 2.24) is 10.6 Å². The van der Waals surface area contributed by atoms with Gasteiger partial charge in [-0.1, -0.05) is 31.4 Å². The standard InChI is InChI=1S/C21H31N3O3.ClH/c1-27-21(10-12-22-13-11-21)20(26)23-15-16-6-5-9-18(14-16)24-19(25)17-7-3-2-4-8-17;/h5-6,9,14,17,22H,2-4,7-8,10-13,15H2,1H3,(H,23,26)(H,24,25);1H. The first-order chi connectivity index (χ1) is 13.1. The zero-order valence-corrected chi connectivity index (χ0v) is 17.4. The van der Waals surface area contributed by atoms with Crippen LogP contribution < -0.4 is 16.0 Å². The molecule has 0 bridgehead atoms. The lowest BCUT2D eigenvalue weighted by atomic mass is 9.88. The second-order valence-electron chi connectivity index (χ2n) is 7.66. The molecule has 2 fully saturated rings. The second kappa shape index (κ2) is 10.8. The number of anilines is 1. The summed E-state index contributed by atoms with van der Waals surface area (Å²) in [4.78, 5) is 25.1. The summed E-state index contributed by atoms with van der Waals surface area (Å²) in [5, 5.41) is 9.29. The maximum absolute atomic E-state index is 12.7. The molecule has 0 unspecified atom stereocenters. The quantitative estimate of drug-likeness (QED) is 0.674. The highest BCUT2D eigenvalue weighted by Gasteiger charge is 2.39. The Balaban J connectivity index is 0.00000280. The van der Waals surface area contributed by atoms with Crippen molar-refractivity contribution >= 4 is 29.9 Å². The number of ether oxygens (including phenoxy) is 1. The third kappa shape index (κ3) is 5.69. The van der Waals surface area contributed by atoms with Gasteiger partial charge in [0.1, 0.15) is 5.60 Å². The number of amides is 2. The molecule has 6 nitrogen and oxygen atoms in total. The van der Waals surface area contributed by atoms with Gasteiger partial charge in [-0.3, -0.25) is 9.59 Å². The van der Waals surface area contributed by atoms with Gasteiger partial charge >= 0.3 is 0 Å². The lowest BCUT2D eigenvalue weighted by molar-refractivity contribution is -0.146. The maximum atomic E-state index is 12.7. The third-order valence-corrected chi connectivity index (χ3v) is 5.84. The summed E-state index contributed by atoms with van der Waals surface area (Å²) in [6.07, 6.45) is 6.82. The van der Waals surface area contributed by atoms with Crippen molar-refractivity contribution in [2.45, 2.75) is 57.1 Å². The topological polar surface area (TPSA) is 79.5 Å². The van der Waals surface area contributed by atoms with Crippen molar-refractivity contribution in [3.05, 3.63) is 29.8 Å². The molecule has 2 amide bonds. The van der Waals surface area contributed by atoms with Crippen LogP contribution in [0.4, 0.5) is 5.69 Å². The number of halogens is 1. The zero-order chi connectivity index (χ0) is 19.1. The molecular formula is C21H32ClN3O3. The molecule has 156 valence electrons. The summed E-state index contributed by atoms with van der Waals surface area (Å²) in [5.74, 6) is 0.177. The number of benzene rings is 1. The van der Waals surface area contributed by atoms with E-state index in [1.54, 1.807) is 7.11 Å². The minimum atomic E-state index is -0.738. The first-order valence-corrected chi connectivity index (χ1v) is 10.1. The van der Waals surface area contributed by atoms with Gasteiger partial charge < -0.3 is 20.7 Å². The van der Waals surface area contributed by atoms with Crippen LogP contribution in [0.1, 0.15) is 50.5 Å². The fourth-order valence-electron chi connectivity index (χ4n) is 4.07. The van der Waals surface area contributed by atoms with Crippen molar-refractivity contribution in [2.24, 2.45) is 5.92 Å². The molecule has 28 heavy (non-hydrogen) atoms. The largest absolute Gasteiger partial charge is 0.368 e. The van der Waals surface area contributed by atoms with Gasteiger partial charge in [-0.2, -0.15) is 0 Å². The highest BCUT2D eigenvalue weighted by atomic mass is 35.5. The Labute approximate surface area is 173 Å². The first-order valence-electron chi connectivity index (χ1n) is 10.1. The van der Waals surface area contributed by atoms with Gasteiger partial charge in [0.2, 0.25) is 5.91 Å².